The van der Waals surface area contributed by atoms with Crippen LogP contribution in [0, 0.1) is 17.3 Å². The molecule has 0 aromatic heterocycles. The van der Waals surface area contributed by atoms with E-state index in [1.807, 2.05) is 18.4 Å². The molecule has 3 aliphatic carbocycles. The largest absolute Gasteiger partial charge is 0.514 e. The second-order valence-electron chi connectivity index (χ2n) is 17.5. The Morgan fingerprint density at radius 3 is 2.26 bits per heavy atom. The van der Waals surface area contributed by atoms with E-state index in [0.29, 0.717) is 29.8 Å². The normalized spacial score (nSPS) is 26.0. The number of benzene rings is 1. The molecule has 1 aromatic rings. The van der Waals surface area contributed by atoms with E-state index in [0.717, 1.165) is 24.8 Å². The van der Waals surface area contributed by atoms with E-state index in [2.05, 4.69) is 71.2 Å². The molecule has 47 heavy (non-hydrogen) atoms. The van der Waals surface area contributed by atoms with Crippen molar-refractivity contribution in [1.82, 2.24) is 4.23 Å². The fraction of sp³-hybridized carbons (Fsp3) is 0.771. The molecule has 4 fully saturated rings. The van der Waals surface area contributed by atoms with Crippen molar-refractivity contribution in [3.05, 3.63) is 23.3 Å². The molecule has 264 valence electrons. The Morgan fingerprint density at radius 1 is 1.09 bits per heavy atom. The summed E-state index contributed by atoms with van der Waals surface area (Å²) in [6.07, 6.45) is 5.41. The molecule has 0 radical (unpaired) electrons. The Labute approximate surface area is 291 Å². The monoisotopic (exact) mass is 705 g/mol. The van der Waals surface area contributed by atoms with Crippen LogP contribution in [0.3, 0.4) is 0 Å². The van der Waals surface area contributed by atoms with E-state index in [1.54, 1.807) is 20.8 Å². The van der Waals surface area contributed by atoms with Crippen molar-refractivity contribution in [2.24, 2.45) is 17.3 Å². The minimum atomic E-state index is -1.96. The SMILES string of the molecule is CCCCOC(=O)c1c(SC)ccc(C[C@@H](B2OC3CC4CC(C4(C)C)[C@]3(C)O2)N([Si](C)(C)C)[Si](C)(C)C)c1OC(=O)OC(C)(C)C. The van der Waals surface area contributed by atoms with Crippen LogP contribution in [-0.2, 0) is 25.2 Å². The van der Waals surface area contributed by atoms with Crippen LogP contribution in [0.25, 0.3) is 0 Å². The van der Waals surface area contributed by atoms with Crippen molar-refractivity contribution < 1.29 is 33.1 Å². The number of nitrogens with zero attached hydrogens (tertiary/aromatic N) is 1. The molecule has 12 heteroatoms. The van der Waals surface area contributed by atoms with Crippen molar-refractivity contribution in [2.45, 2.75) is 148 Å². The van der Waals surface area contributed by atoms with Gasteiger partial charge in [0.05, 0.1) is 18.3 Å². The van der Waals surface area contributed by atoms with Crippen molar-refractivity contribution in [1.29, 1.82) is 0 Å². The van der Waals surface area contributed by atoms with Crippen molar-refractivity contribution in [3.63, 3.8) is 0 Å². The van der Waals surface area contributed by atoms with E-state index in [9.17, 15) is 9.59 Å². The predicted octanol–water partition coefficient (Wildman–Crippen LogP) is 8.83. The van der Waals surface area contributed by atoms with Gasteiger partial charge in [-0.3, -0.25) is 0 Å². The lowest BCUT2D eigenvalue weighted by atomic mass is 9.43. The van der Waals surface area contributed by atoms with Crippen LogP contribution in [0.2, 0.25) is 39.3 Å². The molecular weight excluding hydrogens is 645 g/mol. The molecule has 1 heterocycles. The van der Waals surface area contributed by atoms with Gasteiger partial charge in [-0.25, -0.2) is 9.59 Å². The molecule has 0 spiro atoms. The first-order valence-electron chi connectivity index (χ1n) is 17.4. The summed E-state index contributed by atoms with van der Waals surface area (Å²) in [5.41, 5.74) is 0.0972. The van der Waals surface area contributed by atoms with Gasteiger partial charge in [-0.15, -0.1) is 11.8 Å². The summed E-state index contributed by atoms with van der Waals surface area (Å²) in [5.74, 6) is 0.634. The topological polar surface area (TPSA) is 83.5 Å². The maximum absolute atomic E-state index is 13.7. The Morgan fingerprint density at radius 2 is 1.72 bits per heavy atom. The summed E-state index contributed by atoms with van der Waals surface area (Å²) in [6.45, 7) is 29.1. The summed E-state index contributed by atoms with van der Waals surface area (Å²) >= 11 is 1.42. The van der Waals surface area contributed by atoms with E-state index >= 15 is 0 Å². The number of rotatable bonds is 12. The lowest BCUT2D eigenvalue weighted by Crippen LogP contribution is -2.68. The molecule has 4 aliphatic rings. The van der Waals surface area contributed by atoms with Crippen LogP contribution in [0.15, 0.2) is 17.0 Å². The van der Waals surface area contributed by atoms with Crippen LogP contribution in [0.1, 0.15) is 90.1 Å². The first kappa shape index (κ1) is 38.5. The molecule has 3 unspecified atom stereocenters. The first-order chi connectivity index (χ1) is 21.5. The van der Waals surface area contributed by atoms with Crippen LogP contribution >= 0.6 is 11.8 Å². The second-order valence-corrected chi connectivity index (χ2v) is 28.4. The van der Waals surface area contributed by atoms with E-state index in [4.69, 9.17) is 23.5 Å². The first-order valence-corrected chi connectivity index (χ1v) is 25.6. The molecule has 1 aromatic carbocycles. The third-order valence-electron chi connectivity index (χ3n) is 10.4. The summed E-state index contributed by atoms with van der Waals surface area (Å²) in [7, 11) is -4.39. The predicted molar refractivity (Wildman–Crippen MR) is 196 cm³/mol. The zero-order valence-corrected chi connectivity index (χ0v) is 34.3. The summed E-state index contributed by atoms with van der Waals surface area (Å²) < 4.78 is 34.3. The minimum absolute atomic E-state index is 0.0392. The summed E-state index contributed by atoms with van der Waals surface area (Å²) in [5, 5.41) is 0. The second kappa shape index (κ2) is 13.8. The number of carbonyl (C=O) groups excluding carboxylic acids is 2. The number of hydrogen-bond acceptors (Lipinski definition) is 9. The zero-order chi connectivity index (χ0) is 35.3. The number of ether oxygens (including phenoxy) is 3. The highest BCUT2D eigenvalue weighted by molar-refractivity contribution is 7.98. The molecule has 5 atom stereocenters. The van der Waals surface area contributed by atoms with E-state index in [-0.39, 0.29) is 34.4 Å². The van der Waals surface area contributed by atoms with Gasteiger partial charge in [-0.05, 0) is 88.5 Å². The number of esters is 1. The fourth-order valence-electron chi connectivity index (χ4n) is 8.58. The van der Waals surface area contributed by atoms with Gasteiger partial charge in [0.25, 0.3) is 0 Å². The van der Waals surface area contributed by atoms with Gasteiger partial charge in [0.2, 0.25) is 0 Å². The van der Waals surface area contributed by atoms with Gasteiger partial charge in [-0.2, -0.15) is 0 Å². The molecule has 0 amide bonds. The average molecular weight is 706 g/mol. The number of carbonyl (C=O) groups is 2. The lowest BCUT2D eigenvalue weighted by Gasteiger charge is -2.64. The van der Waals surface area contributed by atoms with E-state index < -0.39 is 41.3 Å². The van der Waals surface area contributed by atoms with Crippen molar-refractivity contribution in [2.75, 3.05) is 12.9 Å². The van der Waals surface area contributed by atoms with Crippen LogP contribution in [-0.4, -0.2) is 76.1 Å². The quantitative estimate of drug-likeness (QED) is 0.0697. The van der Waals surface area contributed by atoms with Crippen LogP contribution < -0.4 is 4.74 Å². The molecule has 1 saturated heterocycles. The maximum Gasteiger partial charge on any atom is 0.514 e. The van der Waals surface area contributed by atoms with E-state index in [1.165, 1.54) is 18.2 Å². The third-order valence-corrected chi connectivity index (χ3v) is 18.8. The zero-order valence-electron chi connectivity index (χ0n) is 31.5. The highest BCUT2D eigenvalue weighted by Gasteiger charge is 2.69. The maximum atomic E-state index is 13.7. The fourth-order valence-corrected chi connectivity index (χ4v) is 19.6. The van der Waals surface area contributed by atoms with Gasteiger partial charge in [-0.1, -0.05) is 72.5 Å². The Hall–Kier alpha value is -1.31. The highest BCUT2D eigenvalue weighted by atomic mass is 32.2. The molecule has 3 saturated carbocycles. The van der Waals surface area contributed by atoms with Gasteiger partial charge >= 0.3 is 19.2 Å². The van der Waals surface area contributed by atoms with Crippen LogP contribution in [0.5, 0.6) is 5.75 Å². The molecule has 5 rings (SSSR count). The van der Waals surface area contributed by atoms with Crippen LogP contribution in [0.4, 0.5) is 4.79 Å². The summed E-state index contributed by atoms with van der Waals surface area (Å²) in [6, 6.07) is 3.93. The molecule has 2 bridgehead atoms. The molecule has 0 N–H and O–H groups in total. The van der Waals surface area contributed by atoms with Gasteiger partial charge in [0, 0.05) is 10.8 Å². The summed E-state index contributed by atoms with van der Waals surface area (Å²) in [4.78, 5) is 27.7. The lowest BCUT2D eigenvalue weighted by molar-refractivity contribution is -0.199. The standard InChI is InChI=1S/C35H60BNO7SSi2/c1-15-16-19-40-31(38)29-25(45-8)18-17-23(30(29)41-32(39)42-33(2,3)4)20-28(37(46(9,10)11)47(12,13)14)36-43-27-22-24-21-26(34(24,5)6)35(27,7)44-36/h17-18,24,26-28H,15-16,19-22H2,1-14H3/t24?,26?,27?,28-,35-/m0/s1. The Bertz CT molecular complexity index is 1310. The average Bonchev–Trinajstić information content (AvgIpc) is 3.27. The Kier molecular flexibility index (Phi) is 11.3. The Balaban J connectivity index is 1.84. The van der Waals surface area contributed by atoms with Crippen molar-refractivity contribution >= 4 is 47.5 Å². The van der Waals surface area contributed by atoms with Gasteiger partial charge in [0.1, 0.15) is 27.6 Å². The number of hydrogen-bond donors (Lipinski definition) is 0. The number of thioether (sulfide) groups is 1. The van der Waals surface area contributed by atoms with Crippen molar-refractivity contribution in [3.8, 4) is 5.75 Å². The molecular formula is C35H60BNO7SSi2. The minimum Gasteiger partial charge on any atom is -0.462 e. The highest BCUT2D eigenvalue weighted by Crippen LogP contribution is 2.66. The van der Waals surface area contributed by atoms with Gasteiger partial charge < -0.3 is 27.8 Å². The van der Waals surface area contributed by atoms with Gasteiger partial charge in [0.15, 0.2) is 5.75 Å². The molecule has 8 nitrogen and oxygen atoms in total. The third kappa shape index (κ3) is 8.03. The number of unbranched alkanes of at least 4 members (excludes halogenated alkanes) is 1. The molecule has 1 aliphatic heterocycles. The smallest absolute Gasteiger partial charge is 0.462 e.